The summed E-state index contributed by atoms with van der Waals surface area (Å²) in [4.78, 5) is 35.4. The van der Waals surface area contributed by atoms with Gasteiger partial charge in [0.05, 0.1) is 80.4 Å². The molecule has 16 nitrogen and oxygen atoms in total. The molecule has 408 valence electrons. The fraction of sp³-hybridized carbons (Fsp3) is 0.213. The number of aliphatic hydroxyl groups is 1. The van der Waals surface area contributed by atoms with E-state index >= 15 is 0 Å². The summed E-state index contributed by atoms with van der Waals surface area (Å²) in [6.07, 6.45) is 0. The van der Waals surface area contributed by atoms with Crippen LogP contribution in [0.3, 0.4) is 0 Å². The van der Waals surface area contributed by atoms with Gasteiger partial charge in [-0.2, -0.15) is 15.3 Å². The van der Waals surface area contributed by atoms with Gasteiger partial charge in [-0.3, -0.25) is 0 Å². The van der Waals surface area contributed by atoms with Gasteiger partial charge in [0.1, 0.15) is 0 Å². The van der Waals surface area contributed by atoms with Crippen molar-refractivity contribution in [1.82, 2.24) is 29.3 Å². The summed E-state index contributed by atoms with van der Waals surface area (Å²) >= 11 is 3.36. The Labute approximate surface area is 521 Å². The number of benzene rings is 6. The molecule has 0 aliphatic carbocycles. The third-order valence-corrected chi connectivity index (χ3v) is 11.7. The van der Waals surface area contributed by atoms with Gasteiger partial charge in [0.25, 0.3) is 0 Å². The number of ether oxygens (including phenoxy) is 4. The van der Waals surface area contributed by atoms with Crippen LogP contribution in [0.5, 0.6) is 0 Å². The largest absolute Gasteiger partial charge is 1.00 e. The van der Waals surface area contributed by atoms with Crippen molar-refractivity contribution in [2.24, 2.45) is 0 Å². The van der Waals surface area contributed by atoms with Gasteiger partial charge in [0, 0.05) is 5.33 Å². The zero-order valence-electron chi connectivity index (χ0n) is 47.2. The molecule has 0 radical (unpaired) electrons. The monoisotopic (exact) mass is 1170 g/mol. The normalized spacial score (nSPS) is 10.1. The average Bonchev–Trinajstić information content (AvgIpc) is 4.20. The standard InChI is InChI=1S/C21H22N2O3.C19H18N2O3.C14H16N2O3.C7H7Br.2Na.H2O.H/c1-3-26-21(24)20-12-16(2)22-23(20)19-11-7-10-18(13-19)15-25-14-17-8-5-4-6-9-17;1-14-10-18(19(22)23)21(20-14)17-9-5-8-16(11-17)13-24-12-15-6-3-2-4-7-15;1-3-19-14(18)13-7-10(2)15-16(13)12-6-4-5-11(8-12)9-17;8-6-7-4-2-1-3-5-7;;;;/h4-13H,3,14-15H2,1-2H3;2-11H,12-13H2,1H3,(H,22,23);4-8,17H,3,9H2,1-2H3;1-5H,6H2;;;1H2;/q;;;;2*+1;;-1/p-1. The van der Waals surface area contributed by atoms with E-state index in [9.17, 15) is 19.5 Å². The summed E-state index contributed by atoms with van der Waals surface area (Å²) in [5, 5.41) is 32.4. The van der Waals surface area contributed by atoms with Crippen LogP contribution in [0.4, 0.5) is 0 Å². The van der Waals surface area contributed by atoms with Crippen LogP contribution < -0.4 is 59.1 Å². The van der Waals surface area contributed by atoms with Gasteiger partial charge in [-0.05, 0) is 123 Å². The van der Waals surface area contributed by atoms with E-state index in [1.165, 1.54) is 14.9 Å². The quantitative estimate of drug-likeness (QED) is 0.0571. The minimum absolute atomic E-state index is 0. The van der Waals surface area contributed by atoms with Gasteiger partial charge in [-0.1, -0.05) is 143 Å². The number of esters is 2. The molecule has 0 spiro atoms. The first kappa shape index (κ1) is 68.0. The Morgan fingerprint density at radius 3 is 1.11 bits per heavy atom. The Balaban J connectivity index is 0.000000382. The third kappa shape index (κ3) is 21.3. The van der Waals surface area contributed by atoms with Crippen LogP contribution in [0.1, 0.15) is 97.2 Å². The van der Waals surface area contributed by atoms with Crippen molar-refractivity contribution in [1.29, 1.82) is 0 Å². The van der Waals surface area contributed by atoms with Crippen LogP contribution in [0.15, 0.2) is 182 Å². The Morgan fingerprint density at radius 1 is 0.463 bits per heavy atom. The van der Waals surface area contributed by atoms with Crippen molar-refractivity contribution >= 4 is 33.8 Å². The molecule has 19 heteroatoms. The molecule has 0 aliphatic heterocycles. The smallest absolute Gasteiger partial charge is 1.00 e. The number of carboxylic acid groups (broad SMARTS) is 1. The van der Waals surface area contributed by atoms with Gasteiger partial charge in [0.15, 0.2) is 17.1 Å². The van der Waals surface area contributed by atoms with Gasteiger partial charge < -0.3 is 36.1 Å². The molecule has 9 aromatic rings. The molecule has 0 amide bonds. The molecule has 9 rings (SSSR count). The zero-order chi connectivity index (χ0) is 54.9. The first-order valence-corrected chi connectivity index (χ1v) is 26.0. The van der Waals surface area contributed by atoms with Gasteiger partial charge >= 0.3 is 77.0 Å². The first-order valence-electron chi connectivity index (χ1n) is 24.9. The molecular formula is C61H65BrN6Na2O10. The summed E-state index contributed by atoms with van der Waals surface area (Å²) in [6.45, 7) is 11.6. The molecule has 0 fully saturated rings. The first-order chi connectivity index (χ1) is 37.4. The number of carbonyl (C=O) groups is 3. The summed E-state index contributed by atoms with van der Waals surface area (Å²) in [5.41, 5.74) is 11.7. The predicted octanol–water partition coefficient (Wildman–Crippen LogP) is 6.04. The van der Waals surface area contributed by atoms with Crippen molar-refractivity contribution in [3.8, 4) is 17.1 Å². The number of hydrogen-bond acceptors (Lipinski definition) is 12. The Hall–Kier alpha value is -6.32. The molecule has 80 heavy (non-hydrogen) atoms. The maximum atomic E-state index is 12.2. The molecule has 0 aliphatic rings. The molecule has 6 aromatic carbocycles. The van der Waals surface area contributed by atoms with Crippen LogP contribution in [-0.2, 0) is 57.3 Å². The fourth-order valence-corrected chi connectivity index (χ4v) is 7.95. The summed E-state index contributed by atoms with van der Waals surface area (Å²) in [6, 6.07) is 57.9. The van der Waals surface area contributed by atoms with Crippen LogP contribution in [0.2, 0.25) is 0 Å². The Morgan fingerprint density at radius 2 is 0.775 bits per heavy atom. The van der Waals surface area contributed by atoms with Crippen molar-refractivity contribution in [2.75, 3.05) is 13.2 Å². The van der Waals surface area contributed by atoms with E-state index in [4.69, 9.17) is 24.1 Å². The second-order valence-electron chi connectivity index (χ2n) is 17.2. The van der Waals surface area contributed by atoms with E-state index in [0.717, 1.165) is 55.9 Å². The third-order valence-electron chi connectivity index (χ3n) is 11.1. The number of carboxylic acids is 1. The number of aliphatic hydroxyl groups excluding tert-OH is 1. The van der Waals surface area contributed by atoms with Crippen LogP contribution >= 0.6 is 15.9 Å². The van der Waals surface area contributed by atoms with Gasteiger partial charge in [-0.15, -0.1) is 0 Å². The van der Waals surface area contributed by atoms with Crippen LogP contribution in [0, 0.1) is 20.8 Å². The van der Waals surface area contributed by atoms with E-state index in [2.05, 4.69) is 43.4 Å². The van der Waals surface area contributed by atoms with Crippen molar-refractivity contribution in [3.05, 3.63) is 250 Å². The summed E-state index contributed by atoms with van der Waals surface area (Å²) in [5.74, 6) is -1.78. The second-order valence-corrected chi connectivity index (χ2v) is 17.8. The van der Waals surface area contributed by atoms with E-state index in [-0.39, 0.29) is 84.3 Å². The molecule has 3 heterocycles. The van der Waals surface area contributed by atoms with Crippen molar-refractivity contribution in [2.45, 2.75) is 73.0 Å². The molecule has 0 saturated carbocycles. The van der Waals surface area contributed by atoms with Crippen molar-refractivity contribution in [3.63, 3.8) is 0 Å². The minimum atomic E-state index is -0.999. The van der Waals surface area contributed by atoms with Crippen molar-refractivity contribution < 1.29 is 110 Å². The predicted molar refractivity (Wildman–Crippen MR) is 302 cm³/mol. The Bertz CT molecular complexity index is 3290. The van der Waals surface area contributed by atoms with Crippen LogP contribution in [-0.4, -0.2) is 76.2 Å². The van der Waals surface area contributed by atoms with E-state index in [1.807, 2.05) is 159 Å². The van der Waals surface area contributed by atoms with Gasteiger partial charge in [0.2, 0.25) is 0 Å². The number of alkyl halides is 1. The summed E-state index contributed by atoms with van der Waals surface area (Å²) < 4.78 is 26.3. The van der Waals surface area contributed by atoms with E-state index in [1.54, 1.807) is 49.7 Å². The van der Waals surface area contributed by atoms with E-state index < -0.39 is 11.9 Å². The SMILES string of the molecule is BrCc1ccccc1.CCOC(=O)c1cc(C)nn1-c1cccc(CO)c1.CCOC(=O)c1cc(C)nn1-c1cccc(COCc2ccccc2)c1.Cc1cc(C(=O)O)n(-c2cccc(COCc3ccccc3)c2)n1.[H-].[Na+].[Na+].[OH-]. The zero-order valence-corrected chi connectivity index (χ0v) is 51.8. The molecule has 0 bridgehead atoms. The average molecular weight is 1170 g/mol. The minimum Gasteiger partial charge on any atom is -1.00 e. The molecule has 0 atom stereocenters. The number of aromatic nitrogens is 6. The molecular weight excluding hydrogens is 1100 g/mol. The second kappa shape index (κ2) is 36.1. The number of halogens is 1. The molecule has 0 unspecified atom stereocenters. The van der Waals surface area contributed by atoms with E-state index in [0.29, 0.717) is 62.4 Å². The summed E-state index contributed by atoms with van der Waals surface area (Å²) in [7, 11) is 0. The number of aromatic carboxylic acids is 1. The fourth-order valence-electron chi connectivity index (χ4n) is 7.57. The topological polar surface area (TPSA) is 212 Å². The van der Waals surface area contributed by atoms with Crippen LogP contribution in [0.25, 0.3) is 17.1 Å². The van der Waals surface area contributed by atoms with Gasteiger partial charge in [-0.25, -0.2) is 28.4 Å². The number of aryl methyl sites for hydroxylation is 3. The molecule has 0 saturated heterocycles. The molecule has 3 aromatic heterocycles. The number of rotatable bonds is 18. The maximum absolute atomic E-state index is 12.2. The Kier molecular flexibility index (Phi) is 30.7. The number of carbonyl (C=O) groups excluding carboxylic acids is 2. The molecule has 3 N–H and O–H groups in total. The maximum Gasteiger partial charge on any atom is 1.00 e. The number of nitrogens with zero attached hydrogens (tertiary/aromatic N) is 6. The number of hydrogen-bond donors (Lipinski definition) is 2.